The number of anilines is 3. The molecule has 0 aliphatic rings. The van der Waals surface area contributed by atoms with E-state index in [4.69, 9.17) is 4.42 Å². The number of fused-ring (bicyclic) bond motifs is 7. The lowest BCUT2D eigenvalue weighted by Crippen LogP contribution is -2.12. The predicted molar refractivity (Wildman–Crippen MR) is 235 cm³/mol. The summed E-state index contributed by atoms with van der Waals surface area (Å²) in [6, 6.07) is 72.3. The van der Waals surface area contributed by atoms with Crippen LogP contribution in [-0.2, 0) is 0 Å². The Morgan fingerprint density at radius 1 is 0.364 bits per heavy atom. The Labute approximate surface area is 322 Å². The molecule has 258 valence electrons. The Kier molecular flexibility index (Phi) is 7.39. The lowest BCUT2D eigenvalue weighted by atomic mass is 9.90. The largest absolute Gasteiger partial charge is 0.456 e. The average Bonchev–Trinajstić information content (AvgIpc) is 3.83. The fourth-order valence-corrected chi connectivity index (χ4v) is 9.53. The van der Waals surface area contributed by atoms with E-state index in [1.54, 1.807) is 0 Å². The van der Waals surface area contributed by atoms with Crippen LogP contribution in [0.1, 0.15) is 0 Å². The molecule has 2 nitrogen and oxygen atoms in total. The molecule has 11 aromatic rings. The summed E-state index contributed by atoms with van der Waals surface area (Å²) >= 11 is 1.85. The molecule has 0 saturated heterocycles. The summed E-state index contributed by atoms with van der Waals surface area (Å²) in [6.45, 7) is 0. The summed E-state index contributed by atoms with van der Waals surface area (Å²) < 4.78 is 8.90. The van der Waals surface area contributed by atoms with Crippen LogP contribution in [-0.4, -0.2) is 0 Å². The van der Waals surface area contributed by atoms with Gasteiger partial charge in [-0.1, -0.05) is 146 Å². The molecule has 0 spiro atoms. The zero-order chi connectivity index (χ0) is 36.3. The van der Waals surface area contributed by atoms with Crippen molar-refractivity contribution in [3.63, 3.8) is 0 Å². The molecule has 0 aliphatic carbocycles. The standard InChI is InChI=1S/C52H33NOS/c1-2-14-34(15-3-1)39-23-11-16-35-17-12-24-43(51(35)39)40-20-4-7-25-45(40)53(46-26-13-29-50-52(46)44-22-6-9-28-49(44)55-50)38-19-10-18-36(32-38)37-30-31-42-41-21-5-8-27-47(41)54-48(42)33-37/h1-33H. The summed E-state index contributed by atoms with van der Waals surface area (Å²) in [4.78, 5) is 2.48. The Bertz CT molecular complexity index is 3220. The van der Waals surface area contributed by atoms with E-state index in [1.807, 2.05) is 23.5 Å². The lowest BCUT2D eigenvalue weighted by Gasteiger charge is -2.29. The Balaban J connectivity index is 1.17. The van der Waals surface area contributed by atoms with Gasteiger partial charge in [-0.15, -0.1) is 11.3 Å². The van der Waals surface area contributed by atoms with Crippen molar-refractivity contribution < 1.29 is 4.42 Å². The van der Waals surface area contributed by atoms with Crippen molar-refractivity contribution in [3.8, 4) is 33.4 Å². The number of benzene rings is 9. The topological polar surface area (TPSA) is 16.4 Å². The van der Waals surface area contributed by atoms with Gasteiger partial charge in [-0.25, -0.2) is 0 Å². The van der Waals surface area contributed by atoms with Crippen LogP contribution in [0.25, 0.3) is 86.3 Å². The van der Waals surface area contributed by atoms with E-state index in [-0.39, 0.29) is 0 Å². The number of furan rings is 1. The SMILES string of the molecule is c1ccc(-c2cccc3cccc(-c4ccccc4N(c4cccc(-c5ccc6c(c5)oc5ccccc56)c4)c4cccc5sc6ccccc6c45)c23)cc1. The highest BCUT2D eigenvalue weighted by molar-refractivity contribution is 7.26. The molecule has 0 N–H and O–H groups in total. The Hall–Kier alpha value is -6.94. The van der Waals surface area contributed by atoms with Crippen molar-refractivity contribution in [2.75, 3.05) is 4.90 Å². The molecule has 0 bridgehead atoms. The highest BCUT2D eigenvalue weighted by atomic mass is 32.1. The summed E-state index contributed by atoms with van der Waals surface area (Å²) in [5, 5.41) is 7.26. The minimum Gasteiger partial charge on any atom is -0.456 e. The second-order valence-corrected chi connectivity index (χ2v) is 15.1. The Morgan fingerprint density at radius 3 is 1.91 bits per heavy atom. The number of thiophene rings is 1. The maximum absolute atomic E-state index is 6.34. The first-order valence-electron chi connectivity index (χ1n) is 18.7. The van der Waals surface area contributed by atoms with Crippen molar-refractivity contribution in [2.45, 2.75) is 0 Å². The molecule has 2 aromatic heterocycles. The third kappa shape index (κ3) is 5.24. The van der Waals surface area contributed by atoms with Crippen LogP contribution in [0.2, 0.25) is 0 Å². The van der Waals surface area contributed by atoms with Crippen molar-refractivity contribution in [2.24, 2.45) is 0 Å². The first-order valence-corrected chi connectivity index (χ1v) is 19.5. The summed E-state index contributed by atoms with van der Waals surface area (Å²) in [5.41, 5.74) is 12.2. The van der Waals surface area contributed by atoms with E-state index >= 15 is 0 Å². The molecule has 2 heterocycles. The van der Waals surface area contributed by atoms with E-state index in [9.17, 15) is 0 Å². The smallest absolute Gasteiger partial charge is 0.136 e. The fraction of sp³-hybridized carbons (Fsp3) is 0. The number of hydrogen-bond acceptors (Lipinski definition) is 3. The highest BCUT2D eigenvalue weighted by Gasteiger charge is 2.23. The molecule has 3 heteroatoms. The van der Waals surface area contributed by atoms with E-state index < -0.39 is 0 Å². The first kappa shape index (κ1) is 31.6. The molecule has 11 rings (SSSR count). The zero-order valence-electron chi connectivity index (χ0n) is 29.8. The fourth-order valence-electron chi connectivity index (χ4n) is 8.40. The number of rotatable bonds is 6. The van der Waals surface area contributed by atoms with Gasteiger partial charge in [-0.2, -0.15) is 0 Å². The summed E-state index contributed by atoms with van der Waals surface area (Å²) in [5.74, 6) is 0. The first-order chi connectivity index (χ1) is 27.3. The minimum absolute atomic E-state index is 0.894. The van der Waals surface area contributed by atoms with E-state index in [2.05, 4.69) is 193 Å². The van der Waals surface area contributed by atoms with Gasteiger partial charge in [-0.05, 0) is 93.2 Å². The van der Waals surface area contributed by atoms with Crippen LogP contribution in [0, 0.1) is 0 Å². The Morgan fingerprint density at radius 2 is 1.00 bits per heavy atom. The van der Waals surface area contributed by atoms with Gasteiger partial charge in [0.1, 0.15) is 11.2 Å². The normalized spacial score (nSPS) is 11.6. The molecule has 55 heavy (non-hydrogen) atoms. The zero-order valence-corrected chi connectivity index (χ0v) is 30.6. The van der Waals surface area contributed by atoms with Crippen LogP contribution in [0.4, 0.5) is 17.1 Å². The van der Waals surface area contributed by atoms with Crippen LogP contribution in [0.15, 0.2) is 205 Å². The molecule has 0 aliphatic heterocycles. The van der Waals surface area contributed by atoms with E-state index in [0.717, 1.165) is 50.1 Å². The van der Waals surface area contributed by atoms with Gasteiger partial charge in [0.05, 0.1) is 11.4 Å². The molecule has 0 fully saturated rings. The minimum atomic E-state index is 0.894. The van der Waals surface area contributed by atoms with Crippen LogP contribution in [0.5, 0.6) is 0 Å². The highest BCUT2D eigenvalue weighted by Crippen LogP contribution is 2.49. The van der Waals surface area contributed by atoms with Crippen LogP contribution in [0.3, 0.4) is 0 Å². The molecule has 0 radical (unpaired) electrons. The van der Waals surface area contributed by atoms with E-state index in [1.165, 1.54) is 53.2 Å². The van der Waals surface area contributed by atoms with Gasteiger partial charge < -0.3 is 9.32 Å². The lowest BCUT2D eigenvalue weighted by molar-refractivity contribution is 0.669. The summed E-state index contributed by atoms with van der Waals surface area (Å²) in [7, 11) is 0. The van der Waals surface area contributed by atoms with Crippen molar-refractivity contribution in [1.29, 1.82) is 0 Å². The van der Waals surface area contributed by atoms with Gasteiger partial charge >= 0.3 is 0 Å². The van der Waals surface area contributed by atoms with Gasteiger partial charge in [-0.3, -0.25) is 0 Å². The molecule has 0 atom stereocenters. The quantitative estimate of drug-likeness (QED) is 0.170. The van der Waals surface area contributed by atoms with Gasteiger partial charge in [0.25, 0.3) is 0 Å². The molecule has 0 saturated carbocycles. The molecular weight excluding hydrogens is 687 g/mol. The maximum atomic E-state index is 6.34. The van der Waals surface area contributed by atoms with Crippen LogP contribution >= 0.6 is 11.3 Å². The molecule has 0 unspecified atom stereocenters. The van der Waals surface area contributed by atoms with Crippen LogP contribution < -0.4 is 4.90 Å². The number of hydrogen-bond donors (Lipinski definition) is 0. The monoisotopic (exact) mass is 719 g/mol. The predicted octanol–water partition coefficient (Wildman–Crippen LogP) is 15.6. The number of para-hydroxylation sites is 2. The number of nitrogens with zero attached hydrogens (tertiary/aromatic N) is 1. The van der Waals surface area contributed by atoms with E-state index in [0.29, 0.717) is 0 Å². The summed E-state index contributed by atoms with van der Waals surface area (Å²) in [6.07, 6.45) is 0. The van der Waals surface area contributed by atoms with Gasteiger partial charge in [0.15, 0.2) is 0 Å². The maximum Gasteiger partial charge on any atom is 0.136 e. The van der Waals surface area contributed by atoms with Crippen molar-refractivity contribution >= 4 is 81.3 Å². The third-order valence-corrected chi connectivity index (χ3v) is 12.0. The second kappa shape index (κ2) is 12.9. The molecular formula is C52H33NOS. The second-order valence-electron chi connectivity index (χ2n) is 14.0. The van der Waals surface area contributed by atoms with Crippen molar-refractivity contribution in [1.82, 2.24) is 0 Å². The average molecular weight is 720 g/mol. The molecule has 9 aromatic carbocycles. The van der Waals surface area contributed by atoms with Crippen molar-refractivity contribution in [3.05, 3.63) is 200 Å². The van der Waals surface area contributed by atoms with Gasteiger partial charge in [0, 0.05) is 42.2 Å². The third-order valence-electron chi connectivity index (χ3n) is 10.9. The molecule has 0 amide bonds. The van der Waals surface area contributed by atoms with Gasteiger partial charge in [0.2, 0.25) is 0 Å².